The first-order valence-corrected chi connectivity index (χ1v) is 5.70. The Morgan fingerprint density at radius 3 is 1.89 bits per heavy atom. The molecule has 5 heteroatoms. The van der Waals surface area contributed by atoms with E-state index in [2.05, 4.69) is 0 Å². The lowest BCUT2D eigenvalue weighted by Gasteiger charge is -2.18. The number of rotatable bonds is 7. The molecule has 0 fully saturated rings. The number of hydrogen-bond acceptors (Lipinski definition) is 5. The summed E-state index contributed by atoms with van der Waals surface area (Å²) in [4.78, 5) is 0. The molecule has 0 heterocycles. The molecule has 0 radical (unpaired) electrons. The van der Waals surface area contributed by atoms with E-state index in [0.29, 0.717) is 30.4 Å². The van der Waals surface area contributed by atoms with Crippen LogP contribution in [0.5, 0.6) is 17.2 Å². The predicted octanol–water partition coefficient (Wildman–Crippen LogP) is 1.40. The maximum Gasteiger partial charge on any atom is 0.203 e. The van der Waals surface area contributed by atoms with Gasteiger partial charge in [0.1, 0.15) is 0 Å². The van der Waals surface area contributed by atoms with Crippen LogP contribution in [0.15, 0.2) is 12.1 Å². The molecule has 0 aliphatic heterocycles. The van der Waals surface area contributed by atoms with E-state index in [0.717, 1.165) is 5.56 Å². The van der Waals surface area contributed by atoms with Gasteiger partial charge in [0.15, 0.2) is 11.5 Å². The van der Waals surface area contributed by atoms with Crippen LogP contribution in [-0.4, -0.2) is 41.6 Å². The molecule has 0 aromatic heterocycles. The molecule has 0 amide bonds. The maximum atomic E-state index is 5.75. The van der Waals surface area contributed by atoms with Crippen molar-refractivity contribution >= 4 is 0 Å². The Morgan fingerprint density at radius 1 is 1.00 bits per heavy atom. The lowest BCUT2D eigenvalue weighted by Crippen LogP contribution is -2.17. The van der Waals surface area contributed by atoms with Crippen LogP contribution in [0.3, 0.4) is 0 Å². The molecule has 1 aromatic carbocycles. The highest BCUT2D eigenvalue weighted by molar-refractivity contribution is 5.54. The van der Waals surface area contributed by atoms with Gasteiger partial charge in [0.25, 0.3) is 0 Å². The second kappa shape index (κ2) is 7.08. The summed E-state index contributed by atoms with van der Waals surface area (Å²) >= 11 is 0. The maximum absolute atomic E-state index is 5.75. The molecule has 0 aliphatic rings. The molecule has 18 heavy (non-hydrogen) atoms. The predicted molar refractivity (Wildman–Crippen MR) is 69.8 cm³/mol. The van der Waals surface area contributed by atoms with Gasteiger partial charge < -0.3 is 24.7 Å². The lowest BCUT2D eigenvalue weighted by atomic mass is 9.99. The third-order valence-electron chi connectivity index (χ3n) is 2.81. The van der Waals surface area contributed by atoms with E-state index in [1.54, 1.807) is 28.4 Å². The Hall–Kier alpha value is -1.46. The van der Waals surface area contributed by atoms with Crippen molar-refractivity contribution in [1.82, 2.24) is 0 Å². The fraction of sp³-hybridized carbons (Fsp3) is 0.538. The van der Waals surface area contributed by atoms with Gasteiger partial charge >= 0.3 is 0 Å². The van der Waals surface area contributed by atoms with Crippen LogP contribution >= 0.6 is 0 Å². The fourth-order valence-corrected chi connectivity index (χ4v) is 1.84. The van der Waals surface area contributed by atoms with Crippen LogP contribution in [0, 0.1) is 0 Å². The lowest BCUT2D eigenvalue weighted by molar-refractivity contribution is 0.181. The summed E-state index contributed by atoms with van der Waals surface area (Å²) in [5.41, 5.74) is 6.76. The minimum atomic E-state index is 0.101. The van der Waals surface area contributed by atoms with Gasteiger partial charge in [-0.1, -0.05) is 0 Å². The summed E-state index contributed by atoms with van der Waals surface area (Å²) in [5.74, 6) is 1.93. The topological polar surface area (TPSA) is 62.9 Å². The summed E-state index contributed by atoms with van der Waals surface area (Å²) in [6, 6.07) is 3.80. The molecule has 1 rings (SSSR count). The number of ether oxygens (including phenoxy) is 4. The Bertz CT molecular complexity index is 356. The molecule has 0 aliphatic carbocycles. The number of hydrogen-bond donors (Lipinski definition) is 1. The Balaban J connectivity index is 3.21. The quantitative estimate of drug-likeness (QED) is 0.798. The zero-order valence-corrected chi connectivity index (χ0v) is 11.4. The van der Waals surface area contributed by atoms with Crippen LogP contribution in [0.25, 0.3) is 0 Å². The average molecular weight is 255 g/mol. The van der Waals surface area contributed by atoms with E-state index < -0.39 is 0 Å². The molecular weight excluding hydrogens is 234 g/mol. The first kappa shape index (κ1) is 14.6. The number of nitrogens with two attached hydrogens (primary N) is 1. The van der Waals surface area contributed by atoms with Crippen LogP contribution < -0.4 is 19.9 Å². The van der Waals surface area contributed by atoms with Crippen LogP contribution in [-0.2, 0) is 4.74 Å². The molecule has 5 nitrogen and oxygen atoms in total. The molecule has 1 atom stereocenters. The molecule has 102 valence electrons. The van der Waals surface area contributed by atoms with Crippen LogP contribution in [0.2, 0.25) is 0 Å². The minimum absolute atomic E-state index is 0.101. The van der Waals surface area contributed by atoms with Crippen molar-refractivity contribution in [2.24, 2.45) is 5.73 Å². The molecule has 0 saturated carbocycles. The SMILES string of the molecule is COCC(CN)c1cc(OC)c(OC)c(OC)c1. The second-order valence-electron chi connectivity index (χ2n) is 3.85. The standard InChI is InChI=1S/C13H21NO4/c1-15-8-10(7-14)9-5-11(16-2)13(18-4)12(6-9)17-3/h5-6,10H,7-8,14H2,1-4H3. The van der Waals surface area contributed by atoms with Crippen molar-refractivity contribution in [3.63, 3.8) is 0 Å². The van der Waals surface area contributed by atoms with Gasteiger partial charge in [0.05, 0.1) is 27.9 Å². The summed E-state index contributed by atoms with van der Waals surface area (Å²) in [6.07, 6.45) is 0. The number of methoxy groups -OCH3 is 4. The molecule has 2 N–H and O–H groups in total. The van der Waals surface area contributed by atoms with E-state index in [4.69, 9.17) is 24.7 Å². The molecule has 0 spiro atoms. The molecular formula is C13H21NO4. The normalized spacial score (nSPS) is 12.1. The Labute approximate surface area is 108 Å². The van der Waals surface area contributed by atoms with Gasteiger partial charge in [-0.15, -0.1) is 0 Å². The zero-order chi connectivity index (χ0) is 13.5. The van der Waals surface area contributed by atoms with Crippen molar-refractivity contribution in [3.8, 4) is 17.2 Å². The van der Waals surface area contributed by atoms with Gasteiger partial charge in [-0.3, -0.25) is 0 Å². The molecule has 0 saturated heterocycles. The largest absolute Gasteiger partial charge is 0.493 e. The van der Waals surface area contributed by atoms with Gasteiger partial charge in [-0.2, -0.15) is 0 Å². The van der Waals surface area contributed by atoms with Crippen molar-refractivity contribution in [2.75, 3.05) is 41.6 Å². The average Bonchev–Trinajstić information content (AvgIpc) is 2.42. The van der Waals surface area contributed by atoms with Crippen LogP contribution in [0.4, 0.5) is 0 Å². The summed E-state index contributed by atoms with van der Waals surface area (Å²) in [5, 5.41) is 0. The zero-order valence-electron chi connectivity index (χ0n) is 11.4. The molecule has 0 bridgehead atoms. The van der Waals surface area contributed by atoms with Crippen molar-refractivity contribution in [3.05, 3.63) is 17.7 Å². The van der Waals surface area contributed by atoms with Gasteiger partial charge in [0, 0.05) is 19.6 Å². The summed E-state index contributed by atoms with van der Waals surface area (Å²) in [7, 11) is 6.42. The highest BCUT2D eigenvalue weighted by Gasteiger charge is 2.17. The third kappa shape index (κ3) is 3.05. The van der Waals surface area contributed by atoms with Crippen molar-refractivity contribution in [2.45, 2.75) is 5.92 Å². The van der Waals surface area contributed by atoms with E-state index in [1.165, 1.54) is 0 Å². The highest BCUT2D eigenvalue weighted by Crippen LogP contribution is 2.39. The van der Waals surface area contributed by atoms with Crippen molar-refractivity contribution in [1.29, 1.82) is 0 Å². The first-order valence-electron chi connectivity index (χ1n) is 5.70. The monoisotopic (exact) mass is 255 g/mol. The van der Waals surface area contributed by atoms with Gasteiger partial charge in [-0.25, -0.2) is 0 Å². The smallest absolute Gasteiger partial charge is 0.203 e. The van der Waals surface area contributed by atoms with E-state index in [1.807, 2.05) is 12.1 Å². The highest BCUT2D eigenvalue weighted by atomic mass is 16.5. The fourth-order valence-electron chi connectivity index (χ4n) is 1.84. The van der Waals surface area contributed by atoms with Gasteiger partial charge in [-0.05, 0) is 17.7 Å². The minimum Gasteiger partial charge on any atom is -0.493 e. The number of benzene rings is 1. The summed E-state index contributed by atoms with van der Waals surface area (Å²) < 4.78 is 21.0. The molecule has 1 unspecified atom stereocenters. The van der Waals surface area contributed by atoms with E-state index in [9.17, 15) is 0 Å². The van der Waals surface area contributed by atoms with E-state index in [-0.39, 0.29) is 5.92 Å². The molecule has 1 aromatic rings. The first-order chi connectivity index (χ1) is 8.71. The summed E-state index contributed by atoms with van der Waals surface area (Å²) in [6.45, 7) is 1.04. The Kier molecular flexibility index (Phi) is 5.74. The van der Waals surface area contributed by atoms with Crippen LogP contribution in [0.1, 0.15) is 11.5 Å². The third-order valence-corrected chi connectivity index (χ3v) is 2.81. The second-order valence-corrected chi connectivity index (χ2v) is 3.85. The van der Waals surface area contributed by atoms with E-state index >= 15 is 0 Å². The van der Waals surface area contributed by atoms with Crippen molar-refractivity contribution < 1.29 is 18.9 Å². The van der Waals surface area contributed by atoms with Gasteiger partial charge in [0.2, 0.25) is 5.75 Å². The Morgan fingerprint density at radius 2 is 1.56 bits per heavy atom.